The van der Waals surface area contributed by atoms with Crippen LogP contribution in [0, 0.1) is 0 Å². The Kier molecular flexibility index (Phi) is 4.53. The molecule has 0 aromatic heterocycles. The van der Waals surface area contributed by atoms with Crippen molar-refractivity contribution in [3.63, 3.8) is 0 Å². The van der Waals surface area contributed by atoms with Crippen molar-refractivity contribution in [2.75, 3.05) is 12.8 Å². The highest BCUT2D eigenvalue weighted by molar-refractivity contribution is 5.46. The lowest BCUT2D eigenvalue weighted by Gasteiger charge is -2.18. The van der Waals surface area contributed by atoms with Gasteiger partial charge in [0.15, 0.2) is 0 Å². The van der Waals surface area contributed by atoms with Crippen LogP contribution >= 0.6 is 0 Å². The van der Waals surface area contributed by atoms with Gasteiger partial charge >= 0.3 is 6.18 Å². The van der Waals surface area contributed by atoms with E-state index < -0.39 is 11.7 Å². The normalized spacial score (nSPS) is 11.9. The third-order valence-corrected chi connectivity index (χ3v) is 3.23. The molecule has 2 aromatic rings. The van der Waals surface area contributed by atoms with Gasteiger partial charge in [0.2, 0.25) is 0 Å². The van der Waals surface area contributed by atoms with Crippen molar-refractivity contribution in [3.05, 3.63) is 65.2 Å². The Bertz CT molecular complexity index is 591. The van der Waals surface area contributed by atoms with E-state index in [0.717, 1.165) is 28.9 Å². The summed E-state index contributed by atoms with van der Waals surface area (Å²) in [5.74, 6) is 0. The van der Waals surface area contributed by atoms with E-state index in [2.05, 4.69) is 0 Å². The van der Waals surface area contributed by atoms with Gasteiger partial charge in [-0.05, 0) is 36.4 Å². The molecule has 0 spiro atoms. The van der Waals surface area contributed by atoms with Crippen LogP contribution in [0.15, 0.2) is 48.5 Å². The summed E-state index contributed by atoms with van der Waals surface area (Å²) in [6, 6.07) is 12.8. The molecule has 2 aromatic carbocycles. The zero-order valence-corrected chi connectivity index (χ0v) is 11.7. The van der Waals surface area contributed by atoms with Crippen molar-refractivity contribution in [1.29, 1.82) is 0 Å². The van der Waals surface area contributed by atoms with E-state index in [4.69, 9.17) is 5.73 Å². The summed E-state index contributed by atoms with van der Waals surface area (Å²) in [5.41, 5.74) is 7.81. The highest BCUT2D eigenvalue weighted by Crippen LogP contribution is 2.29. The first-order chi connectivity index (χ1) is 9.86. The predicted octanol–water partition coefficient (Wildman–Crippen LogP) is 3.92. The molecule has 2 N–H and O–H groups in total. The monoisotopic (exact) mass is 294 g/mol. The smallest absolute Gasteiger partial charge is 0.398 e. The molecule has 0 aliphatic rings. The van der Waals surface area contributed by atoms with Gasteiger partial charge in [0.1, 0.15) is 0 Å². The van der Waals surface area contributed by atoms with E-state index in [-0.39, 0.29) is 0 Å². The molecule has 2 nitrogen and oxygen atoms in total. The molecule has 0 aliphatic heterocycles. The van der Waals surface area contributed by atoms with Gasteiger partial charge in [-0.1, -0.05) is 30.3 Å². The molecule has 0 unspecified atom stereocenters. The van der Waals surface area contributed by atoms with E-state index in [1.165, 1.54) is 12.1 Å². The van der Waals surface area contributed by atoms with Gasteiger partial charge in [-0.2, -0.15) is 13.2 Å². The highest BCUT2D eigenvalue weighted by Gasteiger charge is 2.29. The predicted molar refractivity (Wildman–Crippen MR) is 77.5 cm³/mol. The minimum Gasteiger partial charge on any atom is -0.398 e. The molecule has 0 fully saturated rings. The summed E-state index contributed by atoms with van der Waals surface area (Å²) in [6.07, 6.45) is -4.29. The average Bonchev–Trinajstić information content (AvgIpc) is 2.41. The zero-order valence-electron chi connectivity index (χ0n) is 11.7. The van der Waals surface area contributed by atoms with Crippen LogP contribution < -0.4 is 5.73 Å². The highest BCUT2D eigenvalue weighted by atomic mass is 19.4. The molecule has 0 bridgehead atoms. The molecule has 0 aliphatic carbocycles. The molecular weight excluding hydrogens is 277 g/mol. The first kappa shape index (κ1) is 15.4. The second-order valence-corrected chi connectivity index (χ2v) is 5.07. The maximum Gasteiger partial charge on any atom is 0.416 e. The lowest BCUT2D eigenvalue weighted by molar-refractivity contribution is -0.137. The Morgan fingerprint density at radius 2 is 1.57 bits per heavy atom. The van der Waals surface area contributed by atoms with Crippen LogP contribution in [0.1, 0.15) is 16.7 Å². The van der Waals surface area contributed by atoms with Crippen LogP contribution in [0.3, 0.4) is 0 Å². The number of halogens is 3. The maximum absolute atomic E-state index is 12.5. The summed E-state index contributed by atoms with van der Waals surface area (Å²) in [5, 5.41) is 0. The Balaban J connectivity index is 2.00. The standard InChI is InChI=1S/C16H17F3N2/c1-21(11-13-4-2-3-5-15(13)20)10-12-6-8-14(9-7-12)16(17,18)19/h2-9H,10-11,20H2,1H3. The zero-order chi connectivity index (χ0) is 15.5. The number of benzene rings is 2. The van der Waals surface area contributed by atoms with Crippen molar-refractivity contribution < 1.29 is 13.2 Å². The molecule has 0 radical (unpaired) electrons. The third kappa shape index (κ3) is 4.23. The third-order valence-electron chi connectivity index (χ3n) is 3.23. The van der Waals surface area contributed by atoms with Crippen molar-refractivity contribution in [2.45, 2.75) is 19.3 Å². The minimum absolute atomic E-state index is 0.562. The van der Waals surface area contributed by atoms with E-state index in [9.17, 15) is 13.2 Å². The van der Waals surface area contributed by atoms with Gasteiger partial charge in [-0.3, -0.25) is 4.90 Å². The van der Waals surface area contributed by atoms with Gasteiger partial charge in [0, 0.05) is 18.8 Å². The molecule has 0 atom stereocenters. The van der Waals surface area contributed by atoms with Crippen LogP contribution in [0.4, 0.5) is 18.9 Å². The molecule has 21 heavy (non-hydrogen) atoms. The van der Waals surface area contributed by atoms with Crippen LogP contribution in [-0.2, 0) is 19.3 Å². The minimum atomic E-state index is -4.29. The molecule has 0 heterocycles. The van der Waals surface area contributed by atoms with Crippen molar-refractivity contribution in [2.24, 2.45) is 0 Å². The molecule has 0 saturated carbocycles. The topological polar surface area (TPSA) is 29.3 Å². The van der Waals surface area contributed by atoms with Crippen molar-refractivity contribution in [3.8, 4) is 0 Å². The number of hydrogen-bond acceptors (Lipinski definition) is 2. The molecular formula is C16H17F3N2. The summed E-state index contributed by atoms with van der Waals surface area (Å²) >= 11 is 0. The number of para-hydroxylation sites is 1. The van der Waals surface area contributed by atoms with E-state index in [1.54, 1.807) is 0 Å². The van der Waals surface area contributed by atoms with Gasteiger partial charge < -0.3 is 5.73 Å². The van der Waals surface area contributed by atoms with Crippen LogP contribution in [-0.4, -0.2) is 11.9 Å². The van der Waals surface area contributed by atoms with Crippen LogP contribution in [0.25, 0.3) is 0 Å². The number of nitrogens with two attached hydrogens (primary N) is 1. The molecule has 112 valence electrons. The molecule has 2 rings (SSSR count). The van der Waals surface area contributed by atoms with Crippen LogP contribution in [0.2, 0.25) is 0 Å². The Morgan fingerprint density at radius 3 is 2.14 bits per heavy atom. The van der Waals surface area contributed by atoms with Crippen molar-refractivity contribution in [1.82, 2.24) is 4.90 Å². The summed E-state index contributed by atoms with van der Waals surface area (Å²) in [7, 11) is 1.91. The second-order valence-electron chi connectivity index (χ2n) is 5.07. The maximum atomic E-state index is 12.5. The number of nitrogens with zero attached hydrogens (tertiary/aromatic N) is 1. The summed E-state index contributed by atoms with van der Waals surface area (Å²) in [4.78, 5) is 2.01. The number of alkyl halides is 3. The van der Waals surface area contributed by atoms with Gasteiger partial charge in [0.05, 0.1) is 5.56 Å². The average molecular weight is 294 g/mol. The summed E-state index contributed by atoms with van der Waals surface area (Å²) < 4.78 is 37.5. The largest absolute Gasteiger partial charge is 0.416 e. The fraction of sp³-hybridized carbons (Fsp3) is 0.250. The van der Waals surface area contributed by atoms with E-state index in [0.29, 0.717) is 13.1 Å². The molecule has 5 heteroatoms. The lowest BCUT2D eigenvalue weighted by atomic mass is 10.1. The van der Waals surface area contributed by atoms with Crippen LogP contribution in [0.5, 0.6) is 0 Å². The van der Waals surface area contributed by atoms with E-state index in [1.807, 2.05) is 36.2 Å². The number of nitrogen functional groups attached to an aromatic ring is 1. The molecule has 0 saturated heterocycles. The van der Waals surface area contributed by atoms with Gasteiger partial charge in [-0.15, -0.1) is 0 Å². The van der Waals surface area contributed by atoms with Gasteiger partial charge in [0.25, 0.3) is 0 Å². The Hall–Kier alpha value is -2.01. The number of anilines is 1. The SMILES string of the molecule is CN(Cc1ccc(C(F)(F)F)cc1)Cc1ccccc1N. The second kappa shape index (κ2) is 6.18. The first-order valence-corrected chi connectivity index (χ1v) is 6.54. The number of hydrogen-bond donors (Lipinski definition) is 1. The molecule has 0 amide bonds. The fourth-order valence-electron chi connectivity index (χ4n) is 2.14. The van der Waals surface area contributed by atoms with Crippen molar-refractivity contribution >= 4 is 5.69 Å². The Morgan fingerprint density at radius 1 is 0.952 bits per heavy atom. The fourth-order valence-corrected chi connectivity index (χ4v) is 2.14. The lowest BCUT2D eigenvalue weighted by Crippen LogP contribution is -2.18. The Labute approximate surface area is 122 Å². The van der Waals surface area contributed by atoms with Gasteiger partial charge in [-0.25, -0.2) is 0 Å². The first-order valence-electron chi connectivity index (χ1n) is 6.54. The van der Waals surface area contributed by atoms with E-state index >= 15 is 0 Å². The summed E-state index contributed by atoms with van der Waals surface area (Å²) in [6.45, 7) is 1.21. The quantitative estimate of drug-likeness (QED) is 0.866. The number of rotatable bonds is 4.